The fraction of sp³-hybridized carbons (Fsp3) is 0.100. The van der Waals surface area contributed by atoms with E-state index in [0.717, 1.165) is 10.4 Å². The predicted octanol–water partition coefficient (Wildman–Crippen LogP) is 3.61. The minimum atomic E-state index is -0.104. The molecule has 1 aromatic heterocycles. The molecule has 0 saturated carbocycles. The second kappa shape index (κ2) is 4.49. The van der Waals surface area contributed by atoms with Gasteiger partial charge in [0.05, 0.1) is 11.5 Å². The normalized spacial score (nSPS) is 10.6. The number of benzene rings is 1. The Bertz CT molecular complexity index is 467. The van der Waals surface area contributed by atoms with E-state index in [1.165, 1.54) is 11.5 Å². The zero-order valence-corrected chi connectivity index (χ0v) is 9.90. The summed E-state index contributed by atoms with van der Waals surface area (Å²) in [6, 6.07) is 7.36. The van der Waals surface area contributed by atoms with E-state index in [4.69, 9.17) is 28.3 Å². The number of hydrogen-bond acceptors (Lipinski definition) is 3. The van der Waals surface area contributed by atoms with Gasteiger partial charge in [0.15, 0.2) is 0 Å². The highest BCUT2D eigenvalue weighted by Gasteiger charge is 2.12. The van der Waals surface area contributed by atoms with Gasteiger partial charge in [0.1, 0.15) is 5.15 Å². The molecule has 15 heavy (non-hydrogen) atoms. The van der Waals surface area contributed by atoms with Gasteiger partial charge in [-0.25, -0.2) is 0 Å². The molecular weight excluding hydrogens is 253 g/mol. The molecule has 0 aliphatic carbocycles. The summed E-state index contributed by atoms with van der Waals surface area (Å²) < 4.78 is 4.00. The molecule has 0 unspecified atom stereocenters. The molecule has 0 atom stereocenters. The maximum Gasteiger partial charge on any atom is 0.148 e. The molecular formula is C10H7Cl2NOS. The average molecular weight is 260 g/mol. The van der Waals surface area contributed by atoms with Crippen LogP contribution in [-0.4, -0.2) is 9.48 Å². The van der Waals surface area contributed by atoms with Gasteiger partial charge in [0.2, 0.25) is 0 Å². The van der Waals surface area contributed by atoms with Crippen LogP contribution in [0.15, 0.2) is 24.3 Å². The van der Waals surface area contributed by atoms with Gasteiger partial charge >= 0.3 is 0 Å². The van der Waals surface area contributed by atoms with Crippen LogP contribution in [-0.2, 0) is 6.61 Å². The third-order valence-corrected chi connectivity index (χ3v) is 3.61. The van der Waals surface area contributed by atoms with Crippen molar-refractivity contribution in [3.8, 4) is 10.4 Å². The van der Waals surface area contributed by atoms with Gasteiger partial charge < -0.3 is 5.11 Å². The van der Waals surface area contributed by atoms with Crippen LogP contribution in [0, 0.1) is 0 Å². The second-order valence-electron chi connectivity index (χ2n) is 2.95. The lowest BCUT2D eigenvalue weighted by atomic mass is 10.1. The number of aromatic nitrogens is 1. The summed E-state index contributed by atoms with van der Waals surface area (Å²) in [6.45, 7) is -0.104. The van der Waals surface area contributed by atoms with Crippen LogP contribution in [0.5, 0.6) is 0 Å². The lowest BCUT2D eigenvalue weighted by Gasteiger charge is -2.00. The highest BCUT2D eigenvalue weighted by Crippen LogP contribution is 2.33. The van der Waals surface area contributed by atoms with Crippen molar-refractivity contribution >= 4 is 34.7 Å². The minimum Gasteiger partial charge on any atom is -0.392 e. The third-order valence-electron chi connectivity index (χ3n) is 2.00. The smallest absolute Gasteiger partial charge is 0.148 e. The van der Waals surface area contributed by atoms with Crippen LogP contribution >= 0.6 is 34.7 Å². The largest absolute Gasteiger partial charge is 0.392 e. The molecule has 0 fully saturated rings. The first kappa shape index (κ1) is 10.9. The molecule has 78 valence electrons. The summed E-state index contributed by atoms with van der Waals surface area (Å²) in [5.41, 5.74) is 1.64. The van der Waals surface area contributed by atoms with Gasteiger partial charge in [-0.15, -0.1) is 0 Å². The van der Waals surface area contributed by atoms with Crippen molar-refractivity contribution in [2.75, 3.05) is 0 Å². The first-order chi connectivity index (χ1) is 7.22. The Kier molecular flexibility index (Phi) is 3.26. The summed E-state index contributed by atoms with van der Waals surface area (Å²) in [5, 5.41) is 10.2. The van der Waals surface area contributed by atoms with E-state index >= 15 is 0 Å². The van der Waals surface area contributed by atoms with Gasteiger partial charge in [-0.05, 0) is 29.2 Å². The lowest BCUT2D eigenvalue weighted by Crippen LogP contribution is -1.84. The Morgan fingerprint density at radius 2 is 1.87 bits per heavy atom. The number of hydrogen-bond donors (Lipinski definition) is 1. The van der Waals surface area contributed by atoms with Gasteiger partial charge in [-0.1, -0.05) is 35.3 Å². The highest BCUT2D eigenvalue weighted by atomic mass is 35.5. The van der Waals surface area contributed by atoms with E-state index in [2.05, 4.69) is 4.37 Å². The van der Waals surface area contributed by atoms with Gasteiger partial charge in [0.25, 0.3) is 0 Å². The molecule has 1 aromatic carbocycles. The first-order valence-corrected chi connectivity index (χ1v) is 5.76. The quantitative estimate of drug-likeness (QED) is 0.894. The summed E-state index contributed by atoms with van der Waals surface area (Å²) in [5.74, 6) is 0. The number of nitrogens with zero attached hydrogens (tertiary/aromatic N) is 1. The van der Waals surface area contributed by atoms with E-state index in [0.29, 0.717) is 15.7 Å². The molecule has 0 spiro atoms. The molecule has 2 aromatic rings. The van der Waals surface area contributed by atoms with Gasteiger partial charge in [0, 0.05) is 10.6 Å². The van der Waals surface area contributed by atoms with Crippen molar-refractivity contribution in [1.82, 2.24) is 4.37 Å². The van der Waals surface area contributed by atoms with Crippen molar-refractivity contribution in [3.05, 3.63) is 40.0 Å². The number of halogens is 2. The molecule has 1 heterocycles. The summed E-state index contributed by atoms with van der Waals surface area (Å²) in [7, 11) is 0. The summed E-state index contributed by atoms with van der Waals surface area (Å²) >= 11 is 12.9. The summed E-state index contributed by atoms with van der Waals surface area (Å²) in [4.78, 5) is 0.888. The van der Waals surface area contributed by atoms with Crippen LogP contribution in [0.2, 0.25) is 10.2 Å². The Morgan fingerprint density at radius 3 is 2.47 bits per heavy atom. The Balaban J connectivity index is 2.49. The summed E-state index contributed by atoms with van der Waals surface area (Å²) in [6.07, 6.45) is 0. The molecule has 0 amide bonds. The molecule has 0 radical (unpaired) electrons. The topological polar surface area (TPSA) is 33.1 Å². The molecule has 0 aliphatic rings. The highest BCUT2D eigenvalue weighted by molar-refractivity contribution is 7.10. The fourth-order valence-electron chi connectivity index (χ4n) is 1.25. The minimum absolute atomic E-state index is 0.104. The van der Waals surface area contributed by atoms with Crippen LogP contribution in [0.1, 0.15) is 5.56 Å². The molecule has 0 saturated heterocycles. The van der Waals surface area contributed by atoms with Crippen molar-refractivity contribution in [2.45, 2.75) is 6.61 Å². The van der Waals surface area contributed by atoms with Crippen molar-refractivity contribution in [2.24, 2.45) is 0 Å². The van der Waals surface area contributed by atoms with Crippen molar-refractivity contribution in [1.29, 1.82) is 0 Å². The number of rotatable bonds is 2. The van der Waals surface area contributed by atoms with Gasteiger partial charge in [-0.3, -0.25) is 0 Å². The maximum atomic E-state index is 9.16. The zero-order valence-electron chi connectivity index (χ0n) is 7.58. The van der Waals surface area contributed by atoms with Crippen molar-refractivity contribution in [3.63, 3.8) is 0 Å². The molecule has 2 nitrogen and oxygen atoms in total. The average Bonchev–Trinajstić information content (AvgIpc) is 2.61. The van der Waals surface area contributed by atoms with Crippen LogP contribution in [0.3, 0.4) is 0 Å². The molecule has 5 heteroatoms. The Morgan fingerprint density at radius 1 is 1.20 bits per heavy atom. The molecule has 0 aliphatic heterocycles. The van der Waals surface area contributed by atoms with E-state index < -0.39 is 0 Å². The van der Waals surface area contributed by atoms with E-state index in [-0.39, 0.29) is 6.61 Å². The van der Waals surface area contributed by atoms with E-state index in [9.17, 15) is 0 Å². The molecule has 0 bridgehead atoms. The predicted molar refractivity (Wildman–Crippen MR) is 63.5 cm³/mol. The molecule has 1 N–H and O–H groups in total. The fourth-order valence-corrected chi connectivity index (χ4v) is 2.49. The first-order valence-electron chi connectivity index (χ1n) is 4.23. The zero-order chi connectivity index (χ0) is 10.8. The lowest BCUT2D eigenvalue weighted by molar-refractivity contribution is 0.282. The molecule has 2 rings (SSSR count). The van der Waals surface area contributed by atoms with Gasteiger partial charge in [-0.2, -0.15) is 4.37 Å². The Labute approximate surface area is 101 Å². The van der Waals surface area contributed by atoms with Crippen LogP contribution in [0.25, 0.3) is 10.4 Å². The monoisotopic (exact) mass is 259 g/mol. The third kappa shape index (κ3) is 2.16. The Hall–Kier alpha value is -0.610. The standard InChI is InChI=1S/C10H7Cl2NOS/c11-7-3-1-6(2-4-7)9-8(5-14)10(12)13-15-9/h1-4,14H,5H2. The number of aliphatic hydroxyl groups is 1. The SMILES string of the molecule is OCc1c(Cl)nsc1-c1ccc(Cl)cc1. The van der Waals surface area contributed by atoms with Crippen molar-refractivity contribution < 1.29 is 5.11 Å². The van der Waals surface area contributed by atoms with Crippen LogP contribution in [0.4, 0.5) is 0 Å². The van der Waals surface area contributed by atoms with E-state index in [1.807, 2.05) is 12.1 Å². The van der Waals surface area contributed by atoms with Crippen LogP contribution < -0.4 is 0 Å². The maximum absolute atomic E-state index is 9.16. The van der Waals surface area contributed by atoms with E-state index in [1.54, 1.807) is 12.1 Å². The second-order valence-corrected chi connectivity index (χ2v) is 4.51. The number of aliphatic hydroxyl groups excluding tert-OH is 1.